The lowest BCUT2D eigenvalue weighted by Crippen LogP contribution is -2.22. The summed E-state index contributed by atoms with van der Waals surface area (Å²) < 4.78 is 18.1. The van der Waals surface area contributed by atoms with E-state index >= 15 is 0 Å². The van der Waals surface area contributed by atoms with Gasteiger partial charge in [-0.05, 0) is 45.9 Å². The molecule has 0 heterocycles. The molecule has 0 spiro atoms. The van der Waals surface area contributed by atoms with E-state index in [1.54, 1.807) is 0 Å². The molecule has 204 valence electrons. The van der Waals surface area contributed by atoms with Crippen LogP contribution >= 0.6 is 0 Å². The molecule has 0 saturated carbocycles. The van der Waals surface area contributed by atoms with Gasteiger partial charge in [-0.3, -0.25) is 9.59 Å². The Morgan fingerprint density at radius 2 is 0.703 bits per heavy atom. The summed E-state index contributed by atoms with van der Waals surface area (Å²) in [5.41, 5.74) is 2.41. The van der Waals surface area contributed by atoms with Crippen molar-refractivity contribution >= 4 is 11.9 Å². The quantitative estimate of drug-likeness (QED) is 0.305. The first kappa shape index (κ1) is 30.4. The molecule has 2 aromatic rings. The van der Waals surface area contributed by atoms with Gasteiger partial charge >= 0.3 is 11.9 Å². The molecule has 0 aliphatic carbocycles. The lowest BCUT2D eigenvalue weighted by Gasteiger charge is -2.31. The minimum atomic E-state index is -0.352. The second kappa shape index (κ2) is 10.2. The van der Waals surface area contributed by atoms with Crippen molar-refractivity contribution in [1.82, 2.24) is 0 Å². The predicted molar refractivity (Wildman–Crippen MR) is 150 cm³/mol. The van der Waals surface area contributed by atoms with Crippen molar-refractivity contribution in [2.24, 2.45) is 0 Å². The number of esters is 2. The average Bonchev–Trinajstić information content (AvgIpc) is 2.65. The highest BCUT2D eigenvalue weighted by atomic mass is 16.5. The third-order valence-corrected chi connectivity index (χ3v) is 6.08. The fourth-order valence-electron chi connectivity index (χ4n) is 4.19. The maximum absolute atomic E-state index is 12.0. The van der Waals surface area contributed by atoms with E-state index in [0.29, 0.717) is 23.0 Å². The summed E-state index contributed by atoms with van der Waals surface area (Å²) in [6.45, 7) is 28.0. The number of rotatable bonds is 4. The minimum absolute atomic E-state index is 0.295. The fourth-order valence-corrected chi connectivity index (χ4v) is 4.19. The fraction of sp³-hybridized carbons (Fsp3) is 0.562. The van der Waals surface area contributed by atoms with E-state index in [1.807, 2.05) is 24.3 Å². The number of ether oxygens (including phenoxy) is 3. The predicted octanol–water partition coefficient (Wildman–Crippen LogP) is 8.52. The topological polar surface area (TPSA) is 61.8 Å². The molecule has 5 nitrogen and oxygen atoms in total. The highest BCUT2D eigenvalue weighted by Gasteiger charge is 2.31. The molecular weight excluding hydrogens is 464 g/mol. The molecule has 0 aromatic heterocycles. The molecule has 0 bridgehead atoms. The van der Waals surface area contributed by atoms with Crippen molar-refractivity contribution in [2.45, 2.75) is 119 Å². The number of carbonyl (C=O) groups excluding carboxylic acids is 2. The molecule has 0 amide bonds. The Labute approximate surface area is 223 Å². The third-order valence-electron chi connectivity index (χ3n) is 6.08. The zero-order valence-corrected chi connectivity index (χ0v) is 25.4. The van der Waals surface area contributed by atoms with Crippen LogP contribution in [0.25, 0.3) is 0 Å². The summed E-state index contributed by atoms with van der Waals surface area (Å²) in [7, 11) is 0. The Morgan fingerprint density at radius 3 is 0.865 bits per heavy atom. The lowest BCUT2D eigenvalue weighted by atomic mass is 9.79. The first-order valence-electron chi connectivity index (χ1n) is 12.9. The summed E-state index contributed by atoms with van der Waals surface area (Å²) in [5.74, 6) is 1.80. The van der Waals surface area contributed by atoms with Gasteiger partial charge in [0.25, 0.3) is 0 Å². The Kier molecular flexibility index (Phi) is 8.34. The van der Waals surface area contributed by atoms with Gasteiger partial charge in [-0.25, -0.2) is 0 Å². The molecule has 37 heavy (non-hydrogen) atoms. The first-order chi connectivity index (χ1) is 16.5. The van der Waals surface area contributed by atoms with Crippen LogP contribution in [-0.2, 0) is 31.2 Å². The molecule has 0 N–H and O–H groups in total. The molecule has 5 heteroatoms. The molecule has 0 aliphatic heterocycles. The van der Waals surface area contributed by atoms with Gasteiger partial charge in [-0.2, -0.15) is 0 Å². The zero-order valence-electron chi connectivity index (χ0n) is 25.4. The smallest absolute Gasteiger partial charge is 0.308 e. The largest absolute Gasteiger partial charge is 0.457 e. The summed E-state index contributed by atoms with van der Waals surface area (Å²) >= 11 is 0. The molecule has 0 radical (unpaired) electrons. The van der Waals surface area contributed by atoms with Gasteiger partial charge in [0.15, 0.2) is 0 Å². The highest BCUT2D eigenvalue weighted by Crippen LogP contribution is 2.46. The van der Waals surface area contributed by atoms with Crippen LogP contribution in [0.15, 0.2) is 24.3 Å². The first-order valence-corrected chi connectivity index (χ1v) is 12.9. The van der Waals surface area contributed by atoms with E-state index in [9.17, 15) is 9.59 Å². The molecule has 2 rings (SSSR count). The van der Waals surface area contributed by atoms with E-state index in [4.69, 9.17) is 14.2 Å². The Morgan fingerprint density at radius 1 is 0.486 bits per heavy atom. The highest BCUT2D eigenvalue weighted by molar-refractivity contribution is 5.72. The molecule has 0 aliphatic rings. The van der Waals surface area contributed by atoms with Crippen LogP contribution in [-0.4, -0.2) is 11.9 Å². The number of hydrogen-bond donors (Lipinski definition) is 0. The molecular formula is C32H46O5. The average molecular weight is 511 g/mol. The third kappa shape index (κ3) is 7.59. The molecule has 0 saturated heterocycles. The molecule has 2 aromatic carbocycles. The van der Waals surface area contributed by atoms with E-state index in [1.165, 1.54) is 13.8 Å². The van der Waals surface area contributed by atoms with Crippen molar-refractivity contribution in [3.63, 3.8) is 0 Å². The Bertz CT molecular complexity index is 1010. The SMILES string of the molecule is CC(=O)Oc1c(C(C)(C)C)cc(Oc2cc(C(C)(C)C)c(OC(C)=O)c(C(C)(C)C)c2)cc1C(C)(C)C. The van der Waals surface area contributed by atoms with Gasteiger partial charge in [0.05, 0.1) is 0 Å². The van der Waals surface area contributed by atoms with Gasteiger partial charge in [0, 0.05) is 36.1 Å². The van der Waals surface area contributed by atoms with Crippen LogP contribution in [0, 0.1) is 0 Å². The normalized spacial score (nSPS) is 12.8. The van der Waals surface area contributed by atoms with Crippen LogP contribution in [0.1, 0.15) is 119 Å². The van der Waals surface area contributed by atoms with Gasteiger partial charge < -0.3 is 14.2 Å². The van der Waals surface area contributed by atoms with E-state index < -0.39 is 0 Å². The van der Waals surface area contributed by atoms with Gasteiger partial charge in [0.1, 0.15) is 23.0 Å². The van der Waals surface area contributed by atoms with Crippen molar-refractivity contribution < 1.29 is 23.8 Å². The van der Waals surface area contributed by atoms with Crippen LogP contribution in [0.3, 0.4) is 0 Å². The van der Waals surface area contributed by atoms with Gasteiger partial charge in [-0.1, -0.05) is 83.1 Å². The number of carbonyl (C=O) groups is 2. The molecule has 0 fully saturated rings. The van der Waals surface area contributed by atoms with E-state index in [-0.39, 0.29) is 33.6 Å². The molecule has 0 atom stereocenters. The van der Waals surface area contributed by atoms with Crippen LogP contribution in [0.5, 0.6) is 23.0 Å². The van der Waals surface area contributed by atoms with Gasteiger partial charge in [0.2, 0.25) is 0 Å². The standard InChI is InChI=1S/C32H46O5/c1-19(33)35-27-23(29(3,4)5)15-21(16-24(27)30(6,7)8)37-22-17-25(31(9,10)11)28(36-20(2)34)26(18-22)32(12,13)14/h15-18H,1-14H3. The summed E-state index contributed by atoms with van der Waals surface area (Å²) in [4.78, 5) is 24.1. The second-order valence-corrected chi connectivity index (χ2v) is 14.0. The Balaban J connectivity index is 2.86. The summed E-state index contributed by atoms with van der Waals surface area (Å²) in [6.07, 6.45) is 0. The van der Waals surface area contributed by atoms with Crippen LogP contribution < -0.4 is 14.2 Å². The minimum Gasteiger partial charge on any atom is -0.457 e. The monoisotopic (exact) mass is 510 g/mol. The van der Waals surface area contributed by atoms with E-state index in [0.717, 1.165) is 22.3 Å². The van der Waals surface area contributed by atoms with Crippen molar-refractivity contribution in [2.75, 3.05) is 0 Å². The summed E-state index contributed by atoms with van der Waals surface area (Å²) in [5, 5.41) is 0. The summed E-state index contributed by atoms with van der Waals surface area (Å²) in [6, 6.07) is 7.84. The molecule has 0 unspecified atom stereocenters. The Hall–Kier alpha value is -2.82. The van der Waals surface area contributed by atoms with Crippen molar-refractivity contribution in [3.05, 3.63) is 46.5 Å². The van der Waals surface area contributed by atoms with E-state index in [2.05, 4.69) is 83.1 Å². The lowest BCUT2D eigenvalue weighted by molar-refractivity contribution is -0.133. The number of benzene rings is 2. The maximum atomic E-state index is 12.0. The van der Waals surface area contributed by atoms with Crippen LogP contribution in [0.4, 0.5) is 0 Å². The second-order valence-electron chi connectivity index (χ2n) is 14.0. The number of hydrogen-bond acceptors (Lipinski definition) is 5. The maximum Gasteiger partial charge on any atom is 0.308 e. The van der Waals surface area contributed by atoms with Crippen LogP contribution in [0.2, 0.25) is 0 Å². The van der Waals surface area contributed by atoms with Crippen molar-refractivity contribution in [3.8, 4) is 23.0 Å². The van der Waals surface area contributed by atoms with Gasteiger partial charge in [-0.15, -0.1) is 0 Å². The van der Waals surface area contributed by atoms with Crippen molar-refractivity contribution in [1.29, 1.82) is 0 Å². The zero-order chi connectivity index (χ0) is 28.7.